The van der Waals surface area contributed by atoms with E-state index in [1.807, 2.05) is 7.05 Å². The minimum Gasteiger partial charge on any atom is -0.480 e. The van der Waals surface area contributed by atoms with Gasteiger partial charge in [-0.2, -0.15) is 0 Å². The fourth-order valence-corrected chi connectivity index (χ4v) is 0.913. The van der Waals surface area contributed by atoms with Crippen molar-refractivity contribution >= 4 is 12.0 Å². The van der Waals surface area contributed by atoms with Crippen molar-refractivity contribution in [3.8, 4) is 0 Å². The zero-order valence-electron chi connectivity index (χ0n) is 10.3. The summed E-state index contributed by atoms with van der Waals surface area (Å²) in [5, 5.41) is 13.5. The van der Waals surface area contributed by atoms with Crippen molar-refractivity contribution in [2.75, 3.05) is 20.1 Å². The fraction of sp³-hybridized carbons (Fsp3) is 0.800. The molecule has 0 spiro atoms. The summed E-state index contributed by atoms with van der Waals surface area (Å²) in [7, 11) is 1.96. The smallest absolute Gasteiger partial charge is 0.325 e. The summed E-state index contributed by atoms with van der Waals surface area (Å²) < 4.78 is 0. The quantitative estimate of drug-likeness (QED) is 0.605. The Kier molecular flexibility index (Phi) is 6.48. The van der Waals surface area contributed by atoms with Crippen LogP contribution in [0, 0.1) is 0 Å². The monoisotopic (exact) mass is 231 g/mol. The Morgan fingerprint density at radius 1 is 1.31 bits per heavy atom. The Balaban J connectivity index is 3.70. The van der Waals surface area contributed by atoms with Crippen LogP contribution in [0.25, 0.3) is 0 Å². The lowest BCUT2D eigenvalue weighted by Crippen LogP contribution is -2.46. The number of urea groups is 1. The molecule has 0 aromatic rings. The van der Waals surface area contributed by atoms with Gasteiger partial charge in [-0.05, 0) is 27.8 Å². The van der Waals surface area contributed by atoms with Gasteiger partial charge in [-0.25, -0.2) is 4.79 Å². The Bertz CT molecular complexity index is 243. The third-order valence-electron chi connectivity index (χ3n) is 2.35. The fourth-order valence-electron chi connectivity index (χ4n) is 0.913. The Morgan fingerprint density at radius 3 is 2.31 bits per heavy atom. The van der Waals surface area contributed by atoms with Crippen LogP contribution in [0.4, 0.5) is 4.79 Å². The highest BCUT2D eigenvalue weighted by molar-refractivity contribution is 5.82. The number of carboxylic acid groups (broad SMARTS) is 1. The van der Waals surface area contributed by atoms with Gasteiger partial charge in [0.15, 0.2) is 0 Å². The molecule has 1 atom stereocenters. The minimum absolute atomic E-state index is 0.419. The normalized spacial score (nSPS) is 12.6. The van der Waals surface area contributed by atoms with E-state index in [4.69, 9.17) is 5.11 Å². The number of carbonyl (C=O) groups excluding carboxylic acids is 1. The van der Waals surface area contributed by atoms with Crippen molar-refractivity contribution in [1.29, 1.82) is 0 Å². The summed E-state index contributed by atoms with van der Waals surface area (Å²) in [5.41, 5.74) is 0. The first kappa shape index (κ1) is 14.7. The molecule has 0 aromatic carbocycles. The molecule has 0 bridgehead atoms. The maximum Gasteiger partial charge on any atom is 0.325 e. The van der Waals surface area contributed by atoms with Crippen LogP contribution in [0.1, 0.15) is 20.8 Å². The molecule has 0 saturated heterocycles. The van der Waals surface area contributed by atoms with Crippen molar-refractivity contribution in [2.24, 2.45) is 0 Å². The van der Waals surface area contributed by atoms with Gasteiger partial charge in [-0.3, -0.25) is 4.79 Å². The van der Waals surface area contributed by atoms with Crippen molar-refractivity contribution in [3.63, 3.8) is 0 Å². The minimum atomic E-state index is -1.05. The average molecular weight is 231 g/mol. The van der Waals surface area contributed by atoms with E-state index >= 15 is 0 Å². The summed E-state index contributed by atoms with van der Waals surface area (Å²) in [6, 6.07) is -0.905. The standard InChI is InChI=1S/C10H21N3O3/c1-7(2)13(4)6-5-11-10(16)12-8(3)9(14)15/h7-8H,5-6H2,1-4H3,(H,14,15)(H2,11,12,16). The molecule has 16 heavy (non-hydrogen) atoms. The number of nitrogens with zero attached hydrogens (tertiary/aromatic N) is 1. The number of hydrogen-bond acceptors (Lipinski definition) is 3. The number of aliphatic carboxylic acids is 1. The van der Waals surface area contributed by atoms with E-state index in [0.717, 1.165) is 6.54 Å². The number of hydrogen-bond donors (Lipinski definition) is 3. The van der Waals surface area contributed by atoms with Gasteiger partial charge < -0.3 is 20.6 Å². The average Bonchev–Trinajstić information content (AvgIpc) is 2.16. The van der Waals surface area contributed by atoms with Gasteiger partial charge in [0.25, 0.3) is 0 Å². The number of rotatable bonds is 6. The number of nitrogens with one attached hydrogen (secondary N) is 2. The lowest BCUT2D eigenvalue weighted by atomic mass is 10.3. The molecule has 0 saturated carbocycles. The van der Waals surface area contributed by atoms with Gasteiger partial charge in [0.1, 0.15) is 6.04 Å². The van der Waals surface area contributed by atoms with Crippen LogP contribution in [0.15, 0.2) is 0 Å². The number of carboxylic acids is 1. The molecule has 0 aromatic heterocycles. The number of likely N-dealkylation sites (N-methyl/N-ethyl adjacent to an activating group) is 1. The third kappa shape index (κ3) is 6.23. The van der Waals surface area contributed by atoms with E-state index in [-0.39, 0.29) is 0 Å². The van der Waals surface area contributed by atoms with Crippen LogP contribution in [-0.4, -0.2) is 54.2 Å². The first-order valence-electron chi connectivity index (χ1n) is 5.32. The Hall–Kier alpha value is -1.30. The summed E-state index contributed by atoms with van der Waals surface area (Å²) in [4.78, 5) is 23.7. The van der Waals surface area contributed by atoms with E-state index in [1.165, 1.54) is 6.92 Å². The highest BCUT2D eigenvalue weighted by atomic mass is 16.4. The van der Waals surface area contributed by atoms with Crippen LogP contribution >= 0.6 is 0 Å². The van der Waals surface area contributed by atoms with E-state index < -0.39 is 18.0 Å². The molecule has 94 valence electrons. The highest BCUT2D eigenvalue weighted by Crippen LogP contribution is 1.90. The van der Waals surface area contributed by atoms with Crippen molar-refractivity contribution in [3.05, 3.63) is 0 Å². The van der Waals surface area contributed by atoms with Crippen LogP contribution in [0.5, 0.6) is 0 Å². The molecule has 3 N–H and O–H groups in total. The van der Waals surface area contributed by atoms with Crippen molar-refractivity contribution in [1.82, 2.24) is 15.5 Å². The van der Waals surface area contributed by atoms with Crippen LogP contribution in [0.3, 0.4) is 0 Å². The topological polar surface area (TPSA) is 81.7 Å². The number of amides is 2. The van der Waals surface area contributed by atoms with E-state index in [1.54, 1.807) is 0 Å². The second kappa shape index (κ2) is 7.05. The first-order chi connectivity index (χ1) is 7.34. The van der Waals surface area contributed by atoms with Crippen LogP contribution < -0.4 is 10.6 Å². The molecule has 0 fully saturated rings. The predicted octanol–water partition coefficient (Wildman–Crippen LogP) is 0.0989. The maximum atomic E-state index is 11.2. The van der Waals surface area contributed by atoms with Gasteiger partial charge in [0, 0.05) is 19.1 Å². The second-order valence-electron chi connectivity index (χ2n) is 4.03. The summed E-state index contributed by atoms with van der Waals surface area (Å²) in [6.07, 6.45) is 0. The summed E-state index contributed by atoms with van der Waals surface area (Å²) >= 11 is 0. The van der Waals surface area contributed by atoms with Crippen molar-refractivity contribution < 1.29 is 14.7 Å². The third-order valence-corrected chi connectivity index (χ3v) is 2.35. The molecule has 2 amide bonds. The Morgan fingerprint density at radius 2 is 1.88 bits per heavy atom. The first-order valence-corrected chi connectivity index (χ1v) is 5.32. The van der Waals surface area contributed by atoms with Gasteiger partial charge in [-0.15, -0.1) is 0 Å². The molecule has 6 heteroatoms. The zero-order valence-corrected chi connectivity index (χ0v) is 10.3. The van der Waals surface area contributed by atoms with Gasteiger partial charge >= 0.3 is 12.0 Å². The van der Waals surface area contributed by atoms with Gasteiger partial charge in [0.05, 0.1) is 0 Å². The van der Waals surface area contributed by atoms with E-state index in [0.29, 0.717) is 12.6 Å². The van der Waals surface area contributed by atoms with Gasteiger partial charge in [-0.1, -0.05) is 0 Å². The van der Waals surface area contributed by atoms with Gasteiger partial charge in [0.2, 0.25) is 0 Å². The maximum absolute atomic E-state index is 11.2. The molecule has 0 heterocycles. The lowest BCUT2D eigenvalue weighted by molar-refractivity contribution is -0.138. The van der Waals surface area contributed by atoms with E-state index in [9.17, 15) is 9.59 Å². The van der Waals surface area contributed by atoms with Crippen LogP contribution in [-0.2, 0) is 4.79 Å². The summed E-state index contributed by atoms with van der Waals surface area (Å²) in [6.45, 7) is 6.76. The lowest BCUT2D eigenvalue weighted by Gasteiger charge is -2.21. The molecule has 6 nitrogen and oxygen atoms in total. The molecule has 1 unspecified atom stereocenters. The molecule has 0 rings (SSSR count). The number of carbonyl (C=O) groups is 2. The molecule has 0 aliphatic heterocycles. The predicted molar refractivity (Wildman–Crippen MR) is 61.4 cm³/mol. The molecule has 0 radical (unpaired) electrons. The van der Waals surface area contributed by atoms with Crippen LogP contribution in [0.2, 0.25) is 0 Å². The molecular formula is C10H21N3O3. The Labute approximate surface area is 96.0 Å². The second-order valence-corrected chi connectivity index (χ2v) is 4.03. The highest BCUT2D eigenvalue weighted by Gasteiger charge is 2.13. The van der Waals surface area contributed by atoms with Crippen molar-refractivity contribution in [2.45, 2.75) is 32.9 Å². The molecular weight excluding hydrogens is 210 g/mol. The largest absolute Gasteiger partial charge is 0.480 e. The molecule has 0 aliphatic rings. The SMILES string of the molecule is CC(NC(=O)NCCN(C)C(C)C)C(=O)O. The summed E-state index contributed by atoms with van der Waals surface area (Å²) in [5.74, 6) is -1.05. The molecule has 0 aliphatic carbocycles. The zero-order chi connectivity index (χ0) is 12.7. The van der Waals surface area contributed by atoms with E-state index in [2.05, 4.69) is 29.4 Å².